The van der Waals surface area contributed by atoms with Crippen LogP contribution in [-0.2, 0) is 0 Å². The number of nitrogens with two attached hydrogens (primary N) is 1. The fraction of sp³-hybridized carbons (Fsp3) is 1.00. The van der Waals surface area contributed by atoms with Crippen LogP contribution in [0.1, 0.15) is 59.3 Å². The molecule has 0 amide bonds. The summed E-state index contributed by atoms with van der Waals surface area (Å²) >= 11 is 0. The van der Waals surface area contributed by atoms with Crippen molar-refractivity contribution in [2.24, 2.45) is 11.7 Å². The minimum atomic E-state index is 0.261. The average Bonchev–Trinajstić information content (AvgIpc) is 2.47. The average molecular weight is 281 g/mol. The lowest BCUT2D eigenvalue weighted by molar-refractivity contribution is -0.00444. The lowest BCUT2D eigenvalue weighted by Crippen LogP contribution is -2.61. The number of hydrogen-bond acceptors (Lipinski definition) is 3. The van der Waals surface area contributed by atoms with E-state index in [1.54, 1.807) is 0 Å². The van der Waals surface area contributed by atoms with Gasteiger partial charge in [-0.3, -0.25) is 4.90 Å². The van der Waals surface area contributed by atoms with Crippen LogP contribution in [0.15, 0.2) is 0 Å². The molecule has 0 atom stereocenters. The second-order valence-electron chi connectivity index (χ2n) is 7.58. The third-order valence-corrected chi connectivity index (χ3v) is 6.12. The largest absolute Gasteiger partial charge is 0.329 e. The molecule has 1 saturated heterocycles. The molecular formula is C17H35N3. The van der Waals surface area contributed by atoms with E-state index < -0.39 is 0 Å². The highest BCUT2D eigenvalue weighted by atomic mass is 15.3. The van der Waals surface area contributed by atoms with Crippen LogP contribution in [0.3, 0.4) is 0 Å². The molecule has 0 aromatic heterocycles. The molecule has 1 aliphatic heterocycles. The number of piperidine rings is 1. The standard InChI is InChI=1S/C17H35N3/c1-14(2)20-11-9-17(13-18,10-12-20)19(4)16-7-5-15(3)6-8-16/h14-16H,5-13,18H2,1-4H3. The Bertz CT molecular complexity index is 287. The summed E-state index contributed by atoms with van der Waals surface area (Å²) in [5.74, 6) is 0.927. The maximum Gasteiger partial charge on any atom is 0.0355 e. The highest BCUT2D eigenvalue weighted by molar-refractivity contribution is 4.98. The molecule has 0 unspecified atom stereocenters. The molecule has 1 aliphatic carbocycles. The normalized spacial score (nSPS) is 31.9. The lowest BCUT2D eigenvalue weighted by atomic mass is 9.80. The molecule has 2 rings (SSSR count). The van der Waals surface area contributed by atoms with Gasteiger partial charge < -0.3 is 10.6 Å². The Morgan fingerprint density at radius 1 is 1.15 bits per heavy atom. The molecule has 2 N–H and O–H groups in total. The summed E-state index contributed by atoms with van der Waals surface area (Å²) in [4.78, 5) is 5.28. The topological polar surface area (TPSA) is 32.5 Å². The molecule has 2 fully saturated rings. The number of rotatable bonds is 4. The van der Waals surface area contributed by atoms with E-state index in [0.717, 1.165) is 18.5 Å². The first kappa shape index (κ1) is 16.3. The highest BCUT2D eigenvalue weighted by Gasteiger charge is 2.40. The molecule has 0 radical (unpaired) electrons. The van der Waals surface area contributed by atoms with E-state index in [9.17, 15) is 0 Å². The van der Waals surface area contributed by atoms with Crippen LogP contribution in [0.4, 0.5) is 0 Å². The maximum atomic E-state index is 6.23. The fourth-order valence-electron chi connectivity index (χ4n) is 4.17. The molecule has 3 nitrogen and oxygen atoms in total. The van der Waals surface area contributed by atoms with Gasteiger partial charge >= 0.3 is 0 Å². The Labute approximate surface area is 125 Å². The first-order chi connectivity index (χ1) is 9.48. The molecule has 0 spiro atoms. The summed E-state index contributed by atoms with van der Waals surface area (Å²) in [5.41, 5.74) is 6.50. The summed E-state index contributed by atoms with van der Waals surface area (Å²) in [7, 11) is 2.35. The van der Waals surface area contributed by atoms with Gasteiger partial charge in [-0.05, 0) is 65.3 Å². The minimum absolute atomic E-state index is 0.261. The SMILES string of the molecule is CC1CCC(N(C)C2(CN)CCN(C(C)C)CC2)CC1. The van der Waals surface area contributed by atoms with Crippen molar-refractivity contribution in [3.8, 4) is 0 Å². The summed E-state index contributed by atoms with van der Waals surface area (Å²) < 4.78 is 0. The van der Waals surface area contributed by atoms with E-state index >= 15 is 0 Å². The summed E-state index contributed by atoms with van der Waals surface area (Å²) in [6.07, 6.45) is 8.01. The molecule has 1 heterocycles. The van der Waals surface area contributed by atoms with Gasteiger partial charge in [0.25, 0.3) is 0 Å². The number of nitrogens with zero attached hydrogens (tertiary/aromatic N) is 2. The first-order valence-corrected chi connectivity index (χ1v) is 8.65. The Balaban J connectivity index is 1.97. The van der Waals surface area contributed by atoms with Gasteiger partial charge in [-0.2, -0.15) is 0 Å². The van der Waals surface area contributed by atoms with Crippen LogP contribution >= 0.6 is 0 Å². The Kier molecular flexibility index (Phi) is 5.49. The van der Waals surface area contributed by atoms with Crippen LogP contribution < -0.4 is 5.73 Å². The Morgan fingerprint density at radius 2 is 1.70 bits per heavy atom. The van der Waals surface area contributed by atoms with Crippen molar-refractivity contribution in [3.05, 3.63) is 0 Å². The monoisotopic (exact) mass is 281 g/mol. The van der Waals surface area contributed by atoms with E-state index in [1.807, 2.05) is 0 Å². The van der Waals surface area contributed by atoms with Crippen LogP contribution in [-0.4, -0.2) is 54.1 Å². The molecule has 118 valence electrons. The van der Waals surface area contributed by atoms with Crippen LogP contribution in [0.25, 0.3) is 0 Å². The van der Waals surface area contributed by atoms with E-state index in [1.165, 1.54) is 51.6 Å². The van der Waals surface area contributed by atoms with Gasteiger partial charge in [-0.25, -0.2) is 0 Å². The number of hydrogen-bond donors (Lipinski definition) is 1. The maximum absolute atomic E-state index is 6.23. The van der Waals surface area contributed by atoms with Gasteiger partial charge in [0, 0.05) is 37.3 Å². The van der Waals surface area contributed by atoms with E-state index in [2.05, 4.69) is 37.6 Å². The molecule has 2 aliphatic rings. The smallest absolute Gasteiger partial charge is 0.0355 e. The van der Waals surface area contributed by atoms with Gasteiger partial charge in [0.15, 0.2) is 0 Å². The Morgan fingerprint density at radius 3 is 2.15 bits per heavy atom. The van der Waals surface area contributed by atoms with Crippen molar-refractivity contribution in [1.82, 2.24) is 9.80 Å². The third kappa shape index (κ3) is 3.37. The van der Waals surface area contributed by atoms with E-state index in [4.69, 9.17) is 5.73 Å². The van der Waals surface area contributed by atoms with Crippen LogP contribution in [0.2, 0.25) is 0 Å². The van der Waals surface area contributed by atoms with Crippen LogP contribution in [0.5, 0.6) is 0 Å². The zero-order valence-corrected chi connectivity index (χ0v) is 14.1. The van der Waals surface area contributed by atoms with Gasteiger partial charge in [-0.15, -0.1) is 0 Å². The van der Waals surface area contributed by atoms with Gasteiger partial charge in [0.05, 0.1) is 0 Å². The fourth-order valence-corrected chi connectivity index (χ4v) is 4.17. The molecule has 0 aromatic carbocycles. The predicted octanol–water partition coefficient (Wildman–Crippen LogP) is 2.70. The van der Waals surface area contributed by atoms with Crippen molar-refractivity contribution in [3.63, 3.8) is 0 Å². The minimum Gasteiger partial charge on any atom is -0.329 e. The molecule has 20 heavy (non-hydrogen) atoms. The highest BCUT2D eigenvalue weighted by Crippen LogP contribution is 2.35. The van der Waals surface area contributed by atoms with E-state index in [0.29, 0.717) is 6.04 Å². The number of likely N-dealkylation sites (N-methyl/N-ethyl adjacent to an activating group) is 1. The molecule has 3 heteroatoms. The van der Waals surface area contributed by atoms with Gasteiger partial charge in [0.2, 0.25) is 0 Å². The summed E-state index contributed by atoms with van der Waals surface area (Å²) in [6, 6.07) is 1.44. The lowest BCUT2D eigenvalue weighted by Gasteiger charge is -2.51. The van der Waals surface area contributed by atoms with Crippen molar-refractivity contribution < 1.29 is 0 Å². The zero-order valence-electron chi connectivity index (χ0n) is 14.1. The van der Waals surface area contributed by atoms with Crippen LogP contribution in [0, 0.1) is 5.92 Å². The summed E-state index contributed by atoms with van der Waals surface area (Å²) in [5, 5.41) is 0. The molecular weight excluding hydrogens is 246 g/mol. The van der Waals surface area contributed by atoms with E-state index in [-0.39, 0.29) is 5.54 Å². The third-order valence-electron chi connectivity index (χ3n) is 6.12. The zero-order chi connectivity index (χ0) is 14.8. The molecule has 0 bridgehead atoms. The molecule has 1 saturated carbocycles. The van der Waals surface area contributed by atoms with Crippen molar-refractivity contribution in [2.45, 2.75) is 76.9 Å². The van der Waals surface area contributed by atoms with Crippen molar-refractivity contribution in [2.75, 3.05) is 26.7 Å². The Hall–Kier alpha value is -0.120. The van der Waals surface area contributed by atoms with Gasteiger partial charge in [-0.1, -0.05) is 6.92 Å². The molecule has 0 aromatic rings. The van der Waals surface area contributed by atoms with Crippen molar-refractivity contribution in [1.29, 1.82) is 0 Å². The second-order valence-corrected chi connectivity index (χ2v) is 7.58. The first-order valence-electron chi connectivity index (χ1n) is 8.65. The van der Waals surface area contributed by atoms with Gasteiger partial charge in [0.1, 0.15) is 0 Å². The van der Waals surface area contributed by atoms with Crippen molar-refractivity contribution >= 4 is 0 Å². The second kappa shape index (κ2) is 6.76. The predicted molar refractivity (Wildman–Crippen MR) is 86.9 cm³/mol. The summed E-state index contributed by atoms with van der Waals surface area (Å²) in [6.45, 7) is 10.3. The quantitative estimate of drug-likeness (QED) is 0.860. The number of likely N-dealkylation sites (tertiary alicyclic amines) is 1.